The number of pyridine rings is 1. The van der Waals surface area contributed by atoms with Gasteiger partial charge in [0.1, 0.15) is 12.4 Å². The molecule has 0 saturated carbocycles. The van der Waals surface area contributed by atoms with Crippen LogP contribution in [0.3, 0.4) is 0 Å². The van der Waals surface area contributed by atoms with Gasteiger partial charge >= 0.3 is 6.09 Å². The molecule has 0 radical (unpaired) electrons. The molecular formula is C22H22ClFN4O3. The van der Waals surface area contributed by atoms with E-state index in [2.05, 4.69) is 15.6 Å². The molecule has 3 rings (SSSR count). The van der Waals surface area contributed by atoms with Crippen molar-refractivity contribution in [1.82, 2.24) is 10.3 Å². The zero-order chi connectivity index (χ0) is 22.5. The Morgan fingerprint density at radius 1 is 1.23 bits per heavy atom. The van der Waals surface area contributed by atoms with Gasteiger partial charge in [0.15, 0.2) is 11.6 Å². The number of aromatic hydroxyl groups is 1. The minimum atomic E-state index is -0.682. The van der Waals surface area contributed by atoms with Crippen LogP contribution in [0.25, 0.3) is 11.3 Å². The van der Waals surface area contributed by atoms with Gasteiger partial charge in [0.05, 0.1) is 5.69 Å². The number of halogens is 2. The summed E-state index contributed by atoms with van der Waals surface area (Å²) in [6, 6.07) is 11.4. The topological polar surface area (TPSA) is 110 Å². The van der Waals surface area contributed by atoms with Crippen molar-refractivity contribution in [3.05, 3.63) is 58.6 Å². The second-order valence-corrected chi connectivity index (χ2v) is 7.10. The monoisotopic (exact) mass is 444 g/mol. The Morgan fingerprint density at radius 2 is 2.00 bits per heavy atom. The van der Waals surface area contributed by atoms with E-state index in [9.17, 15) is 14.3 Å². The summed E-state index contributed by atoms with van der Waals surface area (Å²) in [5.41, 5.74) is 9.07. The van der Waals surface area contributed by atoms with Crippen LogP contribution < -0.4 is 21.1 Å². The fraction of sp³-hybridized carbons (Fsp3) is 0.182. The first-order valence-corrected chi connectivity index (χ1v) is 9.87. The third-order valence-electron chi connectivity index (χ3n) is 4.62. The quantitative estimate of drug-likeness (QED) is 0.390. The van der Waals surface area contributed by atoms with Crippen molar-refractivity contribution in [1.29, 1.82) is 0 Å². The minimum absolute atomic E-state index is 0.0127. The number of phenols is 1. The number of rotatable bonds is 6. The van der Waals surface area contributed by atoms with Gasteiger partial charge in [-0.05, 0) is 48.9 Å². The normalized spacial score (nSPS) is 10.6. The highest BCUT2D eigenvalue weighted by Crippen LogP contribution is 2.36. The van der Waals surface area contributed by atoms with Crippen LogP contribution in [0.1, 0.15) is 18.1 Å². The van der Waals surface area contributed by atoms with Gasteiger partial charge in [0, 0.05) is 40.1 Å². The molecule has 162 valence electrons. The number of carbonyl (C=O) groups excluding carboxylic acids is 1. The highest BCUT2D eigenvalue weighted by molar-refractivity contribution is 6.30. The molecule has 7 nitrogen and oxygen atoms in total. The number of benzene rings is 2. The molecule has 0 spiro atoms. The van der Waals surface area contributed by atoms with E-state index in [1.807, 2.05) is 6.92 Å². The molecule has 0 unspecified atom stereocenters. The molecule has 9 heteroatoms. The molecule has 0 saturated heterocycles. The zero-order valence-electron chi connectivity index (χ0n) is 17.0. The van der Waals surface area contributed by atoms with Gasteiger partial charge in [-0.2, -0.15) is 0 Å². The Kier molecular flexibility index (Phi) is 6.81. The maximum atomic E-state index is 13.4. The number of nitrogens with zero attached hydrogens (tertiary/aromatic N) is 1. The smallest absolute Gasteiger partial charge is 0.412 e. The number of nitrogen functional groups attached to an aromatic ring is 1. The highest BCUT2D eigenvalue weighted by Gasteiger charge is 2.17. The van der Waals surface area contributed by atoms with E-state index >= 15 is 0 Å². The predicted octanol–water partition coefficient (Wildman–Crippen LogP) is 5.18. The van der Waals surface area contributed by atoms with Gasteiger partial charge < -0.3 is 26.2 Å². The molecule has 1 heterocycles. The summed E-state index contributed by atoms with van der Waals surface area (Å²) < 4.78 is 18.6. The number of hydrogen-bond acceptors (Lipinski definition) is 6. The van der Waals surface area contributed by atoms with Crippen LogP contribution in [0.4, 0.5) is 26.4 Å². The first-order chi connectivity index (χ1) is 14.9. The zero-order valence-corrected chi connectivity index (χ0v) is 17.8. The number of aryl methyl sites for hydroxylation is 1. The van der Waals surface area contributed by atoms with Gasteiger partial charge in [-0.3, -0.25) is 0 Å². The number of ether oxygens (including phenoxy) is 1. The van der Waals surface area contributed by atoms with Crippen molar-refractivity contribution in [2.45, 2.75) is 20.0 Å². The number of amides is 1. The molecule has 31 heavy (non-hydrogen) atoms. The van der Waals surface area contributed by atoms with Crippen LogP contribution >= 0.6 is 11.6 Å². The lowest BCUT2D eigenvalue weighted by Gasteiger charge is -2.15. The first kappa shape index (κ1) is 22.2. The fourth-order valence-corrected chi connectivity index (χ4v) is 3.23. The number of phenolic OH excluding ortho intramolecular Hbond substituents is 1. The third-order valence-corrected chi connectivity index (χ3v) is 4.85. The summed E-state index contributed by atoms with van der Waals surface area (Å²) in [5.74, 6) is 0.183. The second kappa shape index (κ2) is 9.53. The molecule has 0 bridgehead atoms. The number of hydrogen-bond donors (Lipinski definition) is 4. The van der Waals surface area contributed by atoms with Crippen molar-refractivity contribution in [3.63, 3.8) is 0 Å². The van der Waals surface area contributed by atoms with E-state index in [0.29, 0.717) is 45.2 Å². The van der Waals surface area contributed by atoms with Crippen LogP contribution in [0.15, 0.2) is 42.5 Å². The molecule has 0 atom stereocenters. The van der Waals surface area contributed by atoms with Crippen molar-refractivity contribution >= 4 is 34.9 Å². The second-order valence-electron chi connectivity index (χ2n) is 6.67. The van der Waals surface area contributed by atoms with Crippen molar-refractivity contribution in [2.75, 3.05) is 18.1 Å². The molecular weight excluding hydrogens is 423 g/mol. The third kappa shape index (κ3) is 4.97. The molecule has 0 aliphatic carbocycles. The van der Waals surface area contributed by atoms with Crippen LogP contribution in [0, 0.1) is 0 Å². The lowest BCUT2D eigenvalue weighted by molar-refractivity contribution is 0.202. The summed E-state index contributed by atoms with van der Waals surface area (Å²) in [5, 5.41) is 16.4. The molecule has 5 N–H and O–H groups in total. The van der Waals surface area contributed by atoms with Crippen LogP contribution in [-0.4, -0.2) is 23.2 Å². The predicted molar refractivity (Wildman–Crippen MR) is 120 cm³/mol. The lowest BCUT2D eigenvalue weighted by atomic mass is 10.0. The van der Waals surface area contributed by atoms with Crippen molar-refractivity contribution in [3.8, 4) is 22.8 Å². The number of carbonyl (C=O) groups is 1. The number of nitrogens with two attached hydrogens (primary N) is 1. The van der Waals surface area contributed by atoms with Crippen LogP contribution in [0.2, 0.25) is 5.02 Å². The van der Waals surface area contributed by atoms with E-state index in [-0.39, 0.29) is 17.3 Å². The summed E-state index contributed by atoms with van der Waals surface area (Å²) in [6.07, 6.45) is -0.133. The SMILES string of the molecule is CCc1cc(-c2cc(Nc3ccc(Cl)cc3CF)ccc2O)nc(N)c1OC(=O)NC. The maximum Gasteiger partial charge on any atom is 0.412 e. The average molecular weight is 445 g/mol. The number of alkyl halides is 1. The summed E-state index contributed by atoms with van der Waals surface area (Å²) >= 11 is 5.94. The molecule has 0 fully saturated rings. The van der Waals surface area contributed by atoms with E-state index in [4.69, 9.17) is 22.1 Å². The Hall–Kier alpha value is -3.52. The number of aromatic nitrogens is 1. The van der Waals surface area contributed by atoms with Crippen molar-refractivity contribution in [2.24, 2.45) is 0 Å². The molecule has 3 aromatic rings. The number of anilines is 3. The van der Waals surface area contributed by atoms with Gasteiger partial charge in [0.2, 0.25) is 0 Å². The van der Waals surface area contributed by atoms with E-state index in [0.717, 1.165) is 0 Å². The maximum absolute atomic E-state index is 13.4. The van der Waals surface area contributed by atoms with E-state index in [1.165, 1.54) is 13.1 Å². The largest absolute Gasteiger partial charge is 0.507 e. The first-order valence-electron chi connectivity index (χ1n) is 9.50. The molecule has 0 aliphatic rings. The standard InChI is InChI=1S/C22H22ClFN4O3/c1-3-12-9-18(28-21(25)20(12)31-22(30)26-2)16-10-15(5-7-19(16)29)27-17-6-4-14(23)8-13(17)11-24/h4-10,27,29H,3,11H2,1-2H3,(H2,25,28)(H,26,30). The van der Waals surface area contributed by atoms with Gasteiger partial charge in [-0.1, -0.05) is 18.5 Å². The fourth-order valence-electron chi connectivity index (χ4n) is 3.04. The Balaban J connectivity index is 2.00. The summed E-state index contributed by atoms with van der Waals surface area (Å²) in [7, 11) is 1.44. The summed E-state index contributed by atoms with van der Waals surface area (Å²) in [6.45, 7) is 1.20. The van der Waals surface area contributed by atoms with Crippen LogP contribution in [-0.2, 0) is 13.1 Å². The van der Waals surface area contributed by atoms with Gasteiger partial charge in [0.25, 0.3) is 0 Å². The molecule has 0 aliphatic heterocycles. The Morgan fingerprint density at radius 3 is 2.68 bits per heavy atom. The van der Waals surface area contributed by atoms with Crippen LogP contribution in [0.5, 0.6) is 11.5 Å². The van der Waals surface area contributed by atoms with E-state index < -0.39 is 12.8 Å². The van der Waals surface area contributed by atoms with Crippen molar-refractivity contribution < 1.29 is 19.0 Å². The molecule has 2 aromatic carbocycles. The highest BCUT2D eigenvalue weighted by atomic mass is 35.5. The number of nitrogens with one attached hydrogen (secondary N) is 2. The average Bonchev–Trinajstić information content (AvgIpc) is 2.77. The van der Waals surface area contributed by atoms with E-state index in [1.54, 1.807) is 36.4 Å². The van der Waals surface area contributed by atoms with Gasteiger partial charge in [-0.15, -0.1) is 0 Å². The molecule has 1 amide bonds. The van der Waals surface area contributed by atoms with Gasteiger partial charge in [-0.25, -0.2) is 14.2 Å². The lowest BCUT2D eigenvalue weighted by Crippen LogP contribution is -2.23. The summed E-state index contributed by atoms with van der Waals surface area (Å²) in [4.78, 5) is 15.9. The molecule has 1 aromatic heterocycles. The Labute approximate surface area is 184 Å². The minimum Gasteiger partial charge on any atom is -0.507 e. The Bertz CT molecular complexity index is 1120.